The Morgan fingerprint density at radius 2 is 1.26 bits per heavy atom. The molecule has 0 aliphatic heterocycles. The van der Waals surface area contributed by atoms with Crippen LogP contribution in [-0.4, -0.2) is 0 Å². The molecule has 0 spiro atoms. The van der Waals surface area contributed by atoms with E-state index >= 15 is 0 Å². The highest BCUT2D eigenvalue weighted by Crippen LogP contribution is 2.09. The van der Waals surface area contributed by atoms with Crippen LogP contribution in [0.5, 0.6) is 0 Å². The van der Waals surface area contributed by atoms with Gasteiger partial charge >= 0.3 is 0 Å². The highest BCUT2D eigenvalue weighted by molar-refractivity contribution is 5.53. The normalized spacial score (nSPS) is 10.5. The molecule has 0 aliphatic carbocycles. The van der Waals surface area contributed by atoms with Crippen LogP contribution in [0.25, 0.3) is 12.2 Å². The van der Waals surface area contributed by atoms with Gasteiger partial charge in [0.1, 0.15) is 0 Å². The number of rotatable bonds is 7. The van der Waals surface area contributed by atoms with Crippen LogP contribution in [0.15, 0.2) is 66.4 Å². The molecule has 0 aromatic heterocycles. The summed E-state index contributed by atoms with van der Waals surface area (Å²) in [5.74, 6) is 0. The first-order valence-corrected chi connectivity index (χ1v) is 8.59. The summed E-state index contributed by atoms with van der Waals surface area (Å²) in [6.45, 7) is 4.42. The number of hydrogen-bond acceptors (Lipinski definition) is 0. The monoisotopic (exact) mass is 302 g/mol. The molecule has 0 aliphatic rings. The van der Waals surface area contributed by atoms with Crippen molar-refractivity contribution < 1.29 is 0 Å². The van der Waals surface area contributed by atoms with Crippen LogP contribution in [-0.2, 0) is 12.8 Å². The predicted molar refractivity (Wildman–Crippen MR) is 102 cm³/mol. The van der Waals surface area contributed by atoms with Crippen LogP contribution in [0, 0.1) is 0 Å². The van der Waals surface area contributed by atoms with Gasteiger partial charge in [-0.1, -0.05) is 87.4 Å². The molecule has 0 saturated heterocycles. The molecule has 0 bridgehead atoms. The third-order valence-electron chi connectivity index (χ3n) is 3.77. The Morgan fingerprint density at radius 1 is 0.739 bits per heavy atom. The van der Waals surface area contributed by atoms with Crippen molar-refractivity contribution in [3.05, 3.63) is 88.7 Å². The van der Waals surface area contributed by atoms with Gasteiger partial charge < -0.3 is 0 Å². The Morgan fingerprint density at radius 3 is 1.78 bits per heavy atom. The van der Waals surface area contributed by atoms with Crippen molar-refractivity contribution in [2.24, 2.45) is 0 Å². The summed E-state index contributed by atoms with van der Waals surface area (Å²) in [6, 6.07) is 17.5. The molecular weight excluding hydrogens is 276 g/mol. The summed E-state index contributed by atoms with van der Waals surface area (Å²) in [7, 11) is 0. The second kappa shape index (κ2) is 9.66. The third kappa shape index (κ3) is 6.14. The Bertz CT molecular complexity index is 663. The summed E-state index contributed by atoms with van der Waals surface area (Å²) in [6.07, 6.45) is 12.8. The molecule has 0 nitrogen and oxygen atoms in total. The van der Waals surface area contributed by atoms with Crippen molar-refractivity contribution >= 4 is 12.2 Å². The van der Waals surface area contributed by atoms with Gasteiger partial charge in [-0.05, 0) is 47.2 Å². The largest absolute Gasteiger partial charge is 0.120 e. The van der Waals surface area contributed by atoms with E-state index in [1.807, 2.05) is 18.2 Å². The molecule has 0 saturated carbocycles. The molecular formula is C23H26. The van der Waals surface area contributed by atoms with Gasteiger partial charge in [-0.25, -0.2) is 0 Å². The molecule has 118 valence electrons. The van der Waals surface area contributed by atoms with E-state index in [1.54, 1.807) is 0 Å². The van der Waals surface area contributed by atoms with E-state index < -0.39 is 0 Å². The summed E-state index contributed by atoms with van der Waals surface area (Å²) in [4.78, 5) is 0. The number of allylic oxidation sites excluding steroid dienone is 2. The zero-order valence-corrected chi connectivity index (χ0v) is 14.3. The van der Waals surface area contributed by atoms with Gasteiger partial charge in [0.2, 0.25) is 0 Å². The predicted octanol–water partition coefficient (Wildman–Crippen LogP) is 6.47. The van der Waals surface area contributed by atoms with E-state index in [0.717, 1.165) is 12.8 Å². The summed E-state index contributed by atoms with van der Waals surface area (Å²) in [5.41, 5.74) is 8.45. The first kappa shape index (κ1) is 17.1. The Balaban J connectivity index is 1.91. The topological polar surface area (TPSA) is 0 Å². The summed E-state index contributed by atoms with van der Waals surface area (Å²) < 4.78 is 0. The Hall–Kier alpha value is -2.30. The SMILES string of the molecule is CCCc1ccc(C=C=CC=Cc2ccc(CCC)cc2)cc1. The van der Waals surface area contributed by atoms with Crippen molar-refractivity contribution in [1.82, 2.24) is 0 Å². The molecule has 0 radical (unpaired) electrons. The lowest BCUT2D eigenvalue weighted by Gasteiger charge is -1.98. The molecule has 0 atom stereocenters. The zero-order valence-electron chi connectivity index (χ0n) is 14.3. The maximum atomic E-state index is 3.22. The van der Waals surface area contributed by atoms with Crippen molar-refractivity contribution in [3.8, 4) is 0 Å². The van der Waals surface area contributed by atoms with Crippen LogP contribution < -0.4 is 0 Å². The lowest BCUT2D eigenvalue weighted by Crippen LogP contribution is -1.82. The summed E-state index contributed by atoms with van der Waals surface area (Å²) in [5, 5.41) is 0. The summed E-state index contributed by atoms with van der Waals surface area (Å²) >= 11 is 0. The average molecular weight is 302 g/mol. The van der Waals surface area contributed by atoms with Crippen molar-refractivity contribution in [2.45, 2.75) is 39.5 Å². The maximum absolute atomic E-state index is 3.22. The maximum Gasteiger partial charge on any atom is -0.0127 e. The third-order valence-corrected chi connectivity index (χ3v) is 3.77. The minimum atomic E-state index is 1.15. The number of hydrogen-bond donors (Lipinski definition) is 0. The van der Waals surface area contributed by atoms with Gasteiger partial charge in [0.15, 0.2) is 0 Å². The van der Waals surface area contributed by atoms with Gasteiger partial charge in [-0.3, -0.25) is 0 Å². The molecule has 0 unspecified atom stereocenters. The van der Waals surface area contributed by atoms with Crippen molar-refractivity contribution in [3.63, 3.8) is 0 Å². The van der Waals surface area contributed by atoms with Crippen LogP contribution in [0.1, 0.15) is 48.9 Å². The fourth-order valence-corrected chi connectivity index (χ4v) is 2.51. The average Bonchev–Trinajstić information content (AvgIpc) is 2.58. The molecule has 0 heteroatoms. The second-order valence-electron chi connectivity index (χ2n) is 5.82. The number of aryl methyl sites for hydroxylation is 2. The van der Waals surface area contributed by atoms with Gasteiger partial charge in [0.05, 0.1) is 0 Å². The first-order valence-electron chi connectivity index (χ1n) is 8.59. The van der Waals surface area contributed by atoms with Gasteiger partial charge in [-0.15, -0.1) is 5.73 Å². The molecule has 23 heavy (non-hydrogen) atoms. The molecule has 0 fully saturated rings. The van der Waals surface area contributed by atoms with Crippen LogP contribution in [0.3, 0.4) is 0 Å². The molecule has 2 rings (SSSR count). The van der Waals surface area contributed by atoms with Crippen LogP contribution in [0.4, 0.5) is 0 Å². The molecule has 0 heterocycles. The molecule has 0 amide bonds. The van der Waals surface area contributed by atoms with Gasteiger partial charge in [0, 0.05) is 0 Å². The van der Waals surface area contributed by atoms with E-state index in [4.69, 9.17) is 0 Å². The first-order chi connectivity index (χ1) is 11.3. The minimum Gasteiger partial charge on any atom is -0.120 e. The Labute approximate surface area is 140 Å². The standard InChI is InChI=1S/C23H26/c1-3-8-20-12-16-22(17-13-20)10-6-5-7-11-23-18-14-21(9-4-2)15-19-23/h5-6,10-19H,3-4,8-9H2,1-2H3. The smallest absolute Gasteiger partial charge is 0.0127 e. The van der Waals surface area contributed by atoms with Crippen LogP contribution >= 0.6 is 0 Å². The van der Waals surface area contributed by atoms with Gasteiger partial charge in [0.25, 0.3) is 0 Å². The molecule has 2 aromatic rings. The lowest BCUT2D eigenvalue weighted by atomic mass is 10.1. The number of benzene rings is 2. The van der Waals surface area contributed by atoms with Crippen molar-refractivity contribution in [2.75, 3.05) is 0 Å². The minimum absolute atomic E-state index is 1.15. The lowest BCUT2D eigenvalue weighted by molar-refractivity contribution is 0.922. The quantitative estimate of drug-likeness (QED) is 0.406. The molecule has 2 aromatic carbocycles. The van der Waals surface area contributed by atoms with E-state index in [-0.39, 0.29) is 0 Å². The molecule has 0 N–H and O–H groups in total. The zero-order chi connectivity index (χ0) is 16.3. The second-order valence-corrected chi connectivity index (χ2v) is 5.82. The van der Waals surface area contributed by atoms with E-state index in [9.17, 15) is 0 Å². The van der Waals surface area contributed by atoms with Crippen molar-refractivity contribution in [1.29, 1.82) is 0 Å². The van der Waals surface area contributed by atoms with E-state index in [2.05, 4.69) is 74.2 Å². The fourth-order valence-electron chi connectivity index (χ4n) is 2.51. The van der Waals surface area contributed by atoms with E-state index in [0.29, 0.717) is 0 Å². The van der Waals surface area contributed by atoms with E-state index in [1.165, 1.54) is 35.1 Å². The highest BCUT2D eigenvalue weighted by Gasteiger charge is 1.91. The van der Waals surface area contributed by atoms with Crippen LogP contribution in [0.2, 0.25) is 0 Å². The fraction of sp³-hybridized carbons (Fsp3) is 0.261. The Kier molecular flexibility index (Phi) is 7.17. The van der Waals surface area contributed by atoms with Gasteiger partial charge in [-0.2, -0.15) is 0 Å². The highest BCUT2D eigenvalue weighted by atomic mass is 14.0.